The summed E-state index contributed by atoms with van der Waals surface area (Å²) in [6.45, 7) is 7.39. The van der Waals surface area contributed by atoms with Crippen LogP contribution in [0.5, 0.6) is 0 Å². The van der Waals surface area contributed by atoms with Crippen molar-refractivity contribution in [1.29, 1.82) is 5.26 Å². The summed E-state index contributed by atoms with van der Waals surface area (Å²) in [5.41, 5.74) is -0.674. The molecule has 1 aliphatic carbocycles. The van der Waals surface area contributed by atoms with Gasteiger partial charge < -0.3 is 10.2 Å². The van der Waals surface area contributed by atoms with E-state index in [1.54, 1.807) is 0 Å². The average Bonchev–Trinajstić information content (AvgIpc) is 2.75. The maximum Gasteiger partial charge on any atom is 0.238 e. The van der Waals surface area contributed by atoms with Crippen LogP contribution in [0.25, 0.3) is 0 Å². The highest BCUT2D eigenvalue weighted by Gasteiger charge is 2.36. The van der Waals surface area contributed by atoms with Crippen LogP contribution in [0.15, 0.2) is 0 Å². The van der Waals surface area contributed by atoms with Crippen molar-refractivity contribution in [2.24, 2.45) is 0 Å². The molecule has 1 unspecified atom stereocenters. The molecule has 156 valence electrons. The average molecular weight is 390 g/mol. The van der Waals surface area contributed by atoms with Gasteiger partial charge in [0.15, 0.2) is 0 Å². The zero-order valence-corrected chi connectivity index (χ0v) is 17.3. The highest BCUT2D eigenvalue weighted by molar-refractivity contribution is 5.82. The van der Waals surface area contributed by atoms with Crippen LogP contribution in [0.1, 0.15) is 58.3 Å². The van der Waals surface area contributed by atoms with Crippen LogP contribution >= 0.6 is 0 Å². The Morgan fingerprint density at radius 2 is 1.57 bits per heavy atom. The van der Waals surface area contributed by atoms with Gasteiger partial charge in [0.25, 0.3) is 0 Å². The Labute approximate surface area is 169 Å². The number of nitrogens with one attached hydrogen (secondary N) is 1. The molecule has 3 aliphatic rings. The molecule has 3 rings (SSSR count). The molecule has 7 heteroatoms. The third-order valence-electron chi connectivity index (χ3n) is 6.69. The second kappa shape index (κ2) is 9.71. The summed E-state index contributed by atoms with van der Waals surface area (Å²) in [6.07, 6.45) is 8.15. The molecule has 3 fully saturated rings. The monoisotopic (exact) mass is 389 g/mol. The van der Waals surface area contributed by atoms with Crippen LogP contribution in [0, 0.1) is 11.3 Å². The molecule has 28 heavy (non-hydrogen) atoms. The Hall–Kier alpha value is -1.65. The van der Waals surface area contributed by atoms with E-state index in [9.17, 15) is 14.9 Å². The van der Waals surface area contributed by atoms with Gasteiger partial charge in [-0.3, -0.25) is 19.4 Å². The zero-order valence-electron chi connectivity index (χ0n) is 17.3. The first-order chi connectivity index (χ1) is 13.5. The van der Waals surface area contributed by atoms with Crippen LogP contribution < -0.4 is 5.32 Å². The Kier molecular flexibility index (Phi) is 7.30. The van der Waals surface area contributed by atoms with Crippen molar-refractivity contribution in [2.75, 3.05) is 45.8 Å². The molecule has 0 aromatic heterocycles. The third-order valence-corrected chi connectivity index (χ3v) is 6.69. The third kappa shape index (κ3) is 5.24. The molecule has 2 saturated heterocycles. The molecule has 1 N–H and O–H groups in total. The van der Waals surface area contributed by atoms with Crippen LogP contribution in [-0.2, 0) is 9.59 Å². The molecular formula is C21H35N5O2. The quantitative estimate of drug-likeness (QED) is 0.768. The van der Waals surface area contributed by atoms with Crippen molar-refractivity contribution in [2.45, 2.75) is 69.9 Å². The SMILES string of the molecule is CC(C(=O)NC1(C#N)CCCCC1)N1CCN(CC(=O)N2CCCCC2)CC1. The summed E-state index contributed by atoms with van der Waals surface area (Å²) in [4.78, 5) is 31.6. The summed E-state index contributed by atoms with van der Waals surface area (Å²) in [5.74, 6) is 0.202. The first kappa shape index (κ1) is 21.1. The zero-order chi connectivity index (χ0) is 20.0. The number of rotatable bonds is 5. The lowest BCUT2D eigenvalue weighted by atomic mass is 9.82. The number of nitriles is 1. The molecule has 0 radical (unpaired) electrons. The summed E-state index contributed by atoms with van der Waals surface area (Å²) < 4.78 is 0. The van der Waals surface area contributed by atoms with E-state index in [0.717, 1.165) is 84.2 Å². The van der Waals surface area contributed by atoms with Gasteiger partial charge in [0.2, 0.25) is 11.8 Å². The molecule has 7 nitrogen and oxygen atoms in total. The summed E-state index contributed by atoms with van der Waals surface area (Å²) in [5, 5.41) is 12.6. The highest BCUT2D eigenvalue weighted by atomic mass is 16.2. The predicted octanol–water partition coefficient (Wildman–Crippen LogP) is 1.35. The molecule has 0 aromatic carbocycles. The largest absolute Gasteiger partial charge is 0.342 e. The van der Waals surface area contributed by atoms with Gasteiger partial charge >= 0.3 is 0 Å². The van der Waals surface area contributed by atoms with Crippen molar-refractivity contribution < 1.29 is 9.59 Å². The fourth-order valence-corrected chi connectivity index (χ4v) is 4.67. The van der Waals surface area contributed by atoms with Crippen molar-refractivity contribution in [1.82, 2.24) is 20.0 Å². The fraction of sp³-hybridized carbons (Fsp3) is 0.857. The minimum Gasteiger partial charge on any atom is -0.342 e. The van der Waals surface area contributed by atoms with Crippen LogP contribution in [0.4, 0.5) is 0 Å². The molecule has 1 saturated carbocycles. The second-order valence-corrected chi connectivity index (χ2v) is 8.67. The van der Waals surface area contributed by atoms with E-state index in [0.29, 0.717) is 6.54 Å². The standard InChI is InChI=1S/C21H35N5O2/c1-18(20(28)23-21(17-22)8-4-2-5-9-21)25-14-12-24(13-15-25)16-19(27)26-10-6-3-7-11-26/h18H,2-16H2,1H3,(H,23,28). The number of likely N-dealkylation sites (tertiary alicyclic amines) is 1. The normalized spacial score (nSPS) is 24.9. The smallest absolute Gasteiger partial charge is 0.238 e. The van der Waals surface area contributed by atoms with Gasteiger partial charge in [-0.05, 0) is 39.0 Å². The molecule has 0 bridgehead atoms. The lowest BCUT2D eigenvalue weighted by Crippen LogP contribution is -2.58. The van der Waals surface area contributed by atoms with Crippen molar-refractivity contribution in [3.63, 3.8) is 0 Å². The molecule has 2 amide bonds. The van der Waals surface area contributed by atoms with E-state index in [1.165, 1.54) is 6.42 Å². The predicted molar refractivity (Wildman–Crippen MR) is 107 cm³/mol. The second-order valence-electron chi connectivity index (χ2n) is 8.67. The van der Waals surface area contributed by atoms with Crippen LogP contribution in [-0.4, -0.2) is 83.9 Å². The highest BCUT2D eigenvalue weighted by Crippen LogP contribution is 2.27. The van der Waals surface area contributed by atoms with Crippen LogP contribution in [0.2, 0.25) is 0 Å². The van der Waals surface area contributed by atoms with Gasteiger partial charge in [-0.25, -0.2) is 0 Å². The Bertz CT molecular complexity index is 582. The number of amides is 2. The lowest BCUT2D eigenvalue weighted by Gasteiger charge is -2.39. The van der Waals surface area contributed by atoms with Crippen molar-refractivity contribution in [3.8, 4) is 6.07 Å². The molecule has 2 heterocycles. The van der Waals surface area contributed by atoms with E-state index in [1.807, 2.05) is 11.8 Å². The van der Waals surface area contributed by atoms with Crippen LogP contribution in [0.3, 0.4) is 0 Å². The van der Waals surface area contributed by atoms with Gasteiger partial charge in [-0.1, -0.05) is 19.3 Å². The minimum absolute atomic E-state index is 0.0405. The molecule has 1 atom stereocenters. The number of carbonyl (C=O) groups excluding carboxylic acids is 2. The van der Waals surface area contributed by atoms with Gasteiger partial charge in [-0.15, -0.1) is 0 Å². The van der Waals surface area contributed by atoms with Gasteiger partial charge in [0.1, 0.15) is 5.54 Å². The Morgan fingerprint density at radius 3 is 2.18 bits per heavy atom. The Balaban J connectivity index is 1.44. The summed E-state index contributed by atoms with van der Waals surface area (Å²) >= 11 is 0. The van der Waals surface area contributed by atoms with E-state index in [2.05, 4.69) is 21.2 Å². The maximum atomic E-state index is 12.8. The van der Waals surface area contributed by atoms with E-state index < -0.39 is 5.54 Å². The number of nitrogens with zero attached hydrogens (tertiary/aromatic N) is 4. The summed E-state index contributed by atoms with van der Waals surface area (Å²) in [6, 6.07) is 2.12. The maximum absolute atomic E-state index is 12.8. The number of carbonyl (C=O) groups is 2. The number of piperazine rings is 1. The first-order valence-corrected chi connectivity index (χ1v) is 11.0. The topological polar surface area (TPSA) is 79.7 Å². The molecule has 0 spiro atoms. The van der Waals surface area contributed by atoms with E-state index in [-0.39, 0.29) is 17.9 Å². The number of hydrogen-bond donors (Lipinski definition) is 1. The first-order valence-electron chi connectivity index (χ1n) is 11.0. The van der Waals surface area contributed by atoms with Gasteiger partial charge in [-0.2, -0.15) is 5.26 Å². The molecule has 0 aromatic rings. The van der Waals surface area contributed by atoms with E-state index >= 15 is 0 Å². The minimum atomic E-state index is -0.674. The Morgan fingerprint density at radius 1 is 0.964 bits per heavy atom. The van der Waals surface area contributed by atoms with Gasteiger partial charge in [0.05, 0.1) is 18.7 Å². The van der Waals surface area contributed by atoms with Gasteiger partial charge in [0, 0.05) is 39.3 Å². The fourth-order valence-electron chi connectivity index (χ4n) is 4.67. The number of hydrogen-bond acceptors (Lipinski definition) is 5. The lowest BCUT2D eigenvalue weighted by molar-refractivity contribution is -0.134. The van der Waals surface area contributed by atoms with Crippen molar-refractivity contribution in [3.05, 3.63) is 0 Å². The van der Waals surface area contributed by atoms with Crippen molar-refractivity contribution >= 4 is 11.8 Å². The molecule has 2 aliphatic heterocycles. The number of piperidine rings is 1. The van der Waals surface area contributed by atoms with E-state index in [4.69, 9.17) is 0 Å². The molecular weight excluding hydrogens is 354 g/mol. The summed E-state index contributed by atoms with van der Waals surface area (Å²) in [7, 11) is 0.